The van der Waals surface area contributed by atoms with Gasteiger partial charge in [0.25, 0.3) is 0 Å². The van der Waals surface area contributed by atoms with Gasteiger partial charge in [0.1, 0.15) is 0 Å². The van der Waals surface area contributed by atoms with Gasteiger partial charge in [-0.2, -0.15) is 0 Å². The molecule has 0 unspecified atom stereocenters. The number of rotatable bonds is 4. The highest BCUT2D eigenvalue weighted by molar-refractivity contribution is 5.85. The molecule has 96 valence electrons. The van der Waals surface area contributed by atoms with E-state index in [0.717, 1.165) is 12.1 Å². The summed E-state index contributed by atoms with van der Waals surface area (Å²) in [4.78, 5) is 0. The van der Waals surface area contributed by atoms with Crippen molar-refractivity contribution in [1.82, 2.24) is 5.32 Å². The van der Waals surface area contributed by atoms with Crippen molar-refractivity contribution < 1.29 is 8.78 Å². The second-order valence-electron chi connectivity index (χ2n) is 5.02. The molecule has 0 saturated heterocycles. The molecule has 0 amide bonds. The van der Waals surface area contributed by atoms with E-state index in [2.05, 4.69) is 12.2 Å². The fourth-order valence-corrected chi connectivity index (χ4v) is 2.12. The van der Waals surface area contributed by atoms with Crippen molar-refractivity contribution in [2.75, 3.05) is 6.54 Å². The fourth-order valence-electron chi connectivity index (χ4n) is 2.12. The minimum atomic E-state index is -0.783. The van der Waals surface area contributed by atoms with E-state index in [4.69, 9.17) is 0 Å². The molecule has 0 spiro atoms. The van der Waals surface area contributed by atoms with Crippen LogP contribution in [-0.4, -0.2) is 6.54 Å². The molecule has 1 nitrogen and oxygen atoms in total. The molecule has 1 aliphatic carbocycles. The first-order chi connectivity index (χ1) is 7.59. The standard InChI is InChI=1S/C13H17F2N.ClH/c1-13(5-2-6-13)9-16-8-10-3-4-11(14)12(15)7-10;/h3-4,7,16H,2,5-6,8-9H2,1H3;1H. The second kappa shape index (κ2) is 5.78. The molecular weight excluding hydrogens is 244 g/mol. The van der Waals surface area contributed by atoms with E-state index in [1.807, 2.05) is 0 Å². The van der Waals surface area contributed by atoms with E-state index in [-0.39, 0.29) is 12.4 Å². The third kappa shape index (κ3) is 3.65. The molecule has 0 aliphatic heterocycles. The SMILES string of the molecule is CC1(CNCc2ccc(F)c(F)c2)CCC1.Cl. The predicted molar refractivity (Wildman–Crippen MR) is 67.3 cm³/mol. The summed E-state index contributed by atoms with van der Waals surface area (Å²) in [6.45, 7) is 3.81. The van der Waals surface area contributed by atoms with Crippen molar-refractivity contribution in [3.8, 4) is 0 Å². The molecule has 0 bridgehead atoms. The van der Waals surface area contributed by atoms with Crippen LogP contribution in [0.2, 0.25) is 0 Å². The van der Waals surface area contributed by atoms with E-state index >= 15 is 0 Å². The molecule has 0 atom stereocenters. The minimum absolute atomic E-state index is 0. The van der Waals surface area contributed by atoms with Crippen molar-refractivity contribution in [3.63, 3.8) is 0 Å². The van der Waals surface area contributed by atoms with E-state index in [0.29, 0.717) is 12.0 Å². The van der Waals surface area contributed by atoms with Crippen LogP contribution >= 0.6 is 12.4 Å². The van der Waals surface area contributed by atoms with Crippen LogP contribution in [0.15, 0.2) is 18.2 Å². The van der Waals surface area contributed by atoms with Gasteiger partial charge in [-0.3, -0.25) is 0 Å². The number of benzene rings is 1. The minimum Gasteiger partial charge on any atom is -0.312 e. The molecule has 2 rings (SSSR count). The molecular formula is C13H18ClF2N. The average molecular weight is 262 g/mol. The van der Waals surface area contributed by atoms with Gasteiger partial charge in [0.2, 0.25) is 0 Å². The van der Waals surface area contributed by atoms with Gasteiger partial charge in [-0.25, -0.2) is 8.78 Å². The van der Waals surface area contributed by atoms with E-state index in [1.54, 1.807) is 6.07 Å². The van der Waals surface area contributed by atoms with Crippen LogP contribution in [0.25, 0.3) is 0 Å². The zero-order valence-corrected chi connectivity index (χ0v) is 10.7. The summed E-state index contributed by atoms with van der Waals surface area (Å²) in [7, 11) is 0. The van der Waals surface area contributed by atoms with E-state index < -0.39 is 11.6 Å². The highest BCUT2D eigenvalue weighted by Crippen LogP contribution is 2.39. The Hall–Kier alpha value is -0.670. The third-order valence-electron chi connectivity index (χ3n) is 3.43. The van der Waals surface area contributed by atoms with Crippen LogP contribution in [-0.2, 0) is 6.54 Å². The maximum absolute atomic E-state index is 12.9. The van der Waals surface area contributed by atoms with Crippen LogP contribution in [0.1, 0.15) is 31.7 Å². The first-order valence-electron chi connectivity index (χ1n) is 5.74. The molecule has 1 N–H and O–H groups in total. The number of hydrogen-bond donors (Lipinski definition) is 1. The van der Waals surface area contributed by atoms with Gasteiger partial charge in [-0.15, -0.1) is 12.4 Å². The Balaban J connectivity index is 0.00000144. The smallest absolute Gasteiger partial charge is 0.159 e. The van der Waals surface area contributed by atoms with Gasteiger partial charge < -0.3 is 5.32 Å². The van der Waals surface area contributed by atoms with Crippen LogP contribution in [0, 0.1) is 17.0 Å². The average Bonchev–Trinajstić information content (AvgIpc) is 2.21. The largest absolute Gasteiger partial charge is 0.312 e. The molecule has 4 heteroatoms. The Morgan fingerprint density at radius 3 is 2.47 bits per heavy atom. The molecule has 0 radical (unpaired) electrons. The monoisotopic (exact) mass is 261 g/mol. The van der Waals surface area contributed by atoms with E-state index in [1.165, 1.54) is 31.4 Å². The van der Waals surface area contributed by atoms with Gasteiger partial charge in [0, 0.05) is 13.1 Å². The van der Waals surface area contributed by atoms with Crippen LogP contribution in [0.4, 0.5) is 8.78 Å². The van der Waals surface area contributed by atoms with Gasteiger partial charge in [0.15, 0.2) is 11.6 Å². The van der Waals surface area contributed by atoms with Crippen molar-refractivity contribution in [3.05, 3.63) is 35.4 Å². The van der Waals surface area contributed by atoms with Crippen LogP contribution in [0.3, 0.4) is 0 Å². The molecule has 17 heavy (non-hydrogen) atoms. The predicted octanol–water partition coefficient (Wildman–Crippen LogP) is 3.67. The number of halogens is 3. The maximum Gasteiger partial charge on any atom is 0.159 e. The van der Waals surface area contributed by atoms with Crippen LogP contribution in [0.5, 0.6) is 0 Å². The van der Waals surface area contributed by atoms with Gasteiger partial charge in [0.05, 0.1) is 0 Å². The number of nitrogens with one attached hydrogen (secondary N) is 1. The van der Waals surface area contributed by atoms with Gasteiger partial charge in [-0.05, 0) is 36.0 Å². The van der Waals surface area contributed by atoms with Crippen molar-refractivity contribution in [2.45, 2.75) is 32.7 Å². The normalized spacial score (nSPS) is 17.1. The summed E-state index contributed by atoms with van der Waals surface area (Å²) < 4.78 is 25.6. The summed E-state index contributed by atoms with van der Waals surface area (Å²) in [5, 5.41) is 3.30. The first-order valence-corrected chi connectivity index (χ1v) is 5.74. The Kier molecular flexibility index (Phi) is 4.90. The molecule has 1 fully saturated rings. The summed E-state index contributed by atoms with van der Waals surface area (Å²) in [6.07, 6.45) is 3.83. The fraction of sp³-hybridized carbons (Fsp3) is 0.538. The van der Waals surface area contributed by atoms with Crippen molar-refractivity contribution in [1.29, 1.82) is 0 Å². The summed E-state index contributed by atoms with van der Waals surface area (Å²) in [5.41, 5.74) is 1.21. The lowest BCUT2D eigenvalue weighted by Gasteiger charge is -2.38. The quantitative estimate of drug-likeness (QED) is 0.872. The lowest BCUT2D eigenvalue weighted by Crippen LogP contribution is -2.36. The van der Waals surface area contributed by atoms with Gasteiger partial charge in [-0.1, -0.05) is 19.4 Å². The van der Waals surface area contributed by atoms with Crippen LogP contribution < -0.4 is 5.32 Å². The summed E-state index contributed by atoms with van der Waals surface area (Å²) in [6, 6.07) is 4.05. The highest BCUT2D eigenvalue weighted by Gasteiger charge is 2.30. The summed E-state index contributed by atoms with van der Waals surface area (Å²) in [5.74, 6) is -1.55. The number of hydrogen-bond acceptors (Lipinski definition) is 1. The van der Waals surface area contributed by atoms with Crippen molar-refractivity contribution >= 4 is 12.4 Å². The molecule has 0 heterocycles. The lowest BCUT2D eigenvalue weighted by atomic mass is 9.70. The Labute approximate surface area is 107 Å². The lowest BCUT2D eigenvalue weighted by molar-refractivity contribution is 0.156. The highest BCUT2D eigenvalue weighted by atomic mass is 35.5. The maximum atomic E-state index is 12.9. The molecule has 1 saturated carbocycles. The van der Waals surface area contributed by atoms with Gasteiger partial charge >= 0.3 is 0 Å². The second-order valence-corrected chi connectivity index (χ2v) is 5.02. The third-order valence-corrected chi connectivity index (χ3v) is 3.43. The van der Waals surface area contributed by atoms with E-state index in [9.17, 15) is 8.78 Å². The molecule has 1 aliphatic rings. The van der Waals surface area contributed by atoms with Crippen molar-refractivity contribution in [2.24, 2.45) is 5.41 Å². The Morgan fingerprint density at radius 1 is 1.24 bits per heavy atom. The molecule has 1 aromatic carbocycles. The first kappa shape index (κ1) is 14.4. The Bertz CT molecular complexity index is 378. The topological polar surface area (TPSA) is 12.0 Å². The molecule has 1 aromatic rings. The zero-order valence-electron chi connectivity index (χ0n) is 9.93. The zero-order chi connectivity index (χ0) is 11.6. The molecule has 0 aromatic heterocycles. The Morgan fingerprint density at radius 2 is 1.94 bits per heavy atom. The summed E-state index contributed by atoms with van der Waals surface area (Å²) >= 11 is 0.